The minimum Gasteiger partial charge on any atom is -0.331 e. The number of aromatic nitrogens is 4. The highest BCUT2D eigenvalue weighted by Crippen LogP contribution is 2.23. The van der Waals surface area contributed by atoms with Crippen molar-refractivity contribution in [1.82, 2.24) is 24.2 Å². The van der Waals surface area contributed by atoms with E-state index < -0.39 is 0 Å². The van der Waals surface area contributed by atoms with Gasteiger partial charge in [0.05, 0.1) is 12.2 Å². The third-order valence-electron chi connectivity index (χ3n) is 5.09. The first kappa shape index (κ1) is 14.6. The molecule has 0 bridgehead atoms. The Bertz CT molecular complexity index is 735. The molecular formula is C17H23N5O. The fourth-order valence-electron chi connectivity index (χ4n) is 3.85. The summed E-state index contributed by atoms with van der Waals surface area (Å²) in [7, 11) is 0. The van der Waals surface area contributed by atoms with Crippen molar-refractivity contribution in [2.45, 2.75) is 57.8 Å². The molecule has 2 aromatic rings. The quantitative estimate of drug-likeness (QED) is 0.857. The van der Waals surface area contributed by atoms with Gasteiger partial charge in [-0.25, -0.2) is 9.67 Å². The molecule has 2 aliphatic rings. The Morgan fingerprint density at radius 1 is 1.22 bits per heavy atom. The molecule has 2 aromatic heterocycles. The van der Waals surface area contributed by atoms with Crippen molar-refractivity contribution in [2.75, 3.05) is 6.54 Å². The van der Waals surface area contributed by atoms with Gasteiger partial charge in [0.2, 0.25) is 0 Å². The number of nitrogens with zero attached hydrogens (tertiary/aromatic N) is 5. The van der Waals surface area contributed by atoms with E-state index in [-0.39, 0.29) is 5.56 Å². The number of likely N-dealkylation sites (tertiary alicyclic amines) is 1. The highest BCUT2D eigenvalue weighted by atomic mass is 16.1. The summed E-state index contributed by atoms with van der Waals surface area (Å²) >= 11 is 0. The van der Waals surface area contributed by atoms with Crippen molar-refractivity contribution in [1.29, 1.82) is 0 Å². The van der Waals surface area contributed by atoms with E-state index in [9.17, 15) is 4.79 Å². The lowest BCUT2D eigenvalue weighted by Gasteiger charge is -2.26. The molecule has 23 heavy (non-hydrogen) atoms. The van der Waals surface area contributed by atoms with E-state index in [1.165, 1.54) is 30.8 Å². The van der Waals surface area contributed by atoms with Gasteiger partial charge in [0.25, 0.3) is 5.56 Å². The predicted octanol–water partition coefficient (Wildman–Crippen LogP) is 1.44. The molecule has 0 N–H and O–H groups in total. The Morgan fingerprint density at radius 2 is 2.17 bits per heavy atom. The first-order valence-electron chi connectivity index (χ1n) is 8.61. The van der Waals surface area contributed by atoms with Gasteiger partial charge in [-0.3, -0.25) is 9.69 Å². The van der Waals surface area contributed by atoms with Gasteiger partial charge in [-0.1, -0.05) is 0 Å². The molecule has 0 spiro atoms. The Labute approximate surface area is 135 Å². The minimum atomic E-state index is -0.0129. The first-order chi connectivity index (χ1) is 11.3. The zero-order valence-corrected chi connectivity index (χ0v) is 13.4. The highest BCUT2D eigenvalue weighted by molar-refractivity contribution is 5.08. The molecule has 0 radical (unpaired) electrons. The van der Waals surface area contributed by atoms with Gasteiger partial charge in [-0.2, -0.15) is 5.10 Å². The van der Waals surface area contributed by atoms with Crippen molar-refractivity contribution in [3.05, 3.63) is 46.4 Å². The molecule has 0 aromatic carbocycles. The average Bonchev–Trinajstić information content (AvgIpc) is 3.18. The van der Waals surface area contributed by atoms with E-state index >= 15 is 0 Å². The van der Waals surface area contributed by atoms with Gasteiger partial charge < -0.3 is 4.57 Å². The van der Waals surface area contributed by atoms with Crippen LogP contribution in [0.2, 0.25) is 0 Å². The molecule has 1 unspecified atom stereocenters. The number of aryl methyl sites for hydroxylation is 1. The molecule has 2 aliphatic heterocycles. The number of hydrogen-bond donors (Lipinski definition) is 0. The lowest BCUT2D eigenvalue weighted by molar-refractivity contribution is 0.211. The standard InChI is InChI=1S/C17H23N5O/c23-17-7-3-8-19-22(17)13-14-5-4-9-20(14)12-15-11-18-16-6-1-2-10-21(15)16/h3,7-8,11,14H,1-2,4-6,9-10,12-13H2. The molecule has 0 saturated carbocycles. The maximum Gasteiger partial charge on any atom is 0.266 e. The monoisotopic (exact) mass is 313 g/mol. The second-order valence-corrected chi connectivity index (χ2v) is 6.59. The van der Waals surface area contributed by atoms with Crippen molar-refractivity contribution < 1.29 is 0 Å². The van der Waals surface area contributed by atoms with Crippen LogP contribution in [0.15, 0.2) is 29.3 Å². The summed E-state index contributed by atoms with van der Waals surface area (Å²) in [5, 5.41) is 4.20. The molecule has 1 saturated heterocycles. The van der Waals surface area contributed by atoms with Gasteiger partial charge in [0.15, 0.2) is 0 Å². The largest absolute Gasteiger partial charge is 0.331 e. The SMILES string of the molecule is O=c1cccnn1CC1CCCN1Cc1cnc2n1CCCC2. The summed E-state index contributed by atoms with van der Waals surface area (Å²) in [4.78, 5) is 19.0. The van der Waals surface area contributed by atoms with Crippen LogP contribution in [0.1, 0.15) is 37.2 Å². The summed E-state index contributed by atoms with van der Waals surface area (Å²) in [5.41, 5.74) is 1.31. The number of fused-ring (bicyclic) bond motifs is 1. The van der Waals surface area contributed by atoms with Crippen LogP contribution >= 0.6 is 0 Å². The summed E-state index contributed by atoms with van der Waals surface area (Å²) in [6.45, 7) is 3.80. The average molecular weight is 313 g/mol. The fraction of sp³-hybridized carbons (Fsp3) is 0.588. The molecule has 4 heterocycles. The fourth-order valence-corrected chi connectivity index (χ4v) is 3.85. The lowest BCUT2D eigenvalue weighted by atomic mass is 10.1. The van der Waals surface area contributed by atoms with E-state index in [1.807, 2.05) is 6.20 Å². The molecule has 0 aliphatic carbocycles. The minimum absolute atomic E-state index is 0.0129. The zero-order chi connectivity index (χ0) is 15.6. The van der Waals surface area contributed by atoms with Gasteiger partial charge in [0, 0.05) is 44.0 Å². The molecule has 0 amide bonds. The van der Waals surface area contributed by atoms with Crippen LogP contribution in [-0.2, 0) is 26.1 Å². The van der Waals surface area contributed by atoms with E-state index in [0.29, 0.717) is 12.6 Å². The van der Waals surface area contributed by atoms with Crippen LogP contribution in [-0.4, -0.2) is 36.8 Å². The number of hydrogen-bond acceptors (Lipinski definition) is 4. The summed E-state index contributed by atoms with van der Waals surface area (Å²) in [6.07, 6.45) is 9.66. The van der Waals surface area contributed by atoms with Crippen LogP contribution in [0, 0.1) is 0 Å². The highest BCUT2D eigenvalue weighted by Gasteiger charge is 2.27. The van der Waals surface area contributed by atoms with Gasteiger partial charge in [0.1, 0.15) is 5.82 Å². The Balaban J connectivity index is 1.49. The van der Waals surface area contributed by atoms with E-state index in [0.717, 1.165) is 32.5 Å². The smallest absolute Gasteiger partial charge is 0.266 e. The summed E-state index contributed by atoms with van der Waals surface area (Å²) in [6, 6.07) is 3.67. The maximum absolute atomic E-state index is 11.9. The Hall–Kier alpha value is -1.95. The molecule has 6 nitrogen and oxygen atoms in total. The van der Waals surface area contributed by atoms with Crippen molar-refractivity contribution >= 4 is 0 Å². The summed E-state index contributed by atoms with van der Waals surface area (Å²) < 4.78 is 3.99. The number of rotatable bonds is 4. The van der Waals surface area contributed by atoms with Crippen LogP contribution in [0.4, 0.5) is 0 Å². The third kappa shape index (κ3) is 2.95. The topological polar surface area (TPSA) is 56.0 Å². The van der Waals surface area contributed by atoms with Gasteiger partial charge >= 0.3 is 0 Å². The van der Waals surface area contributed by atoms with Crippen molar-refractivity contribution in [3.63, 3.8) is 0 Å². The van der Waals surface area contributed by atoms with E-state index in [2.05, 4.69) is 19.5 Å². The molecule has 1 fully saturated rings. The molecule has 122 valence electrons. The molecular weight excluding hydrogens is 290 g/mol. The second kappa shape index (κ2) is 6.28. The van der Waals surface area contributed by atoms with Crippen LogP contribution in [0.5, 0.6) is 0 Å². The van der Waals surface area contributed by atoms with Crippen molar-refractivity contribution in [2.24, 2.45) is 0 Å². The summed E-state index contributed by atoms with van der Waals surface area (Å²) in [5.74, 6) is 1.24. The Morgan fingerprint density at radius 3 is 3.09 bits per heavy atom. The van der Waals surface area contributed by atoms with Crippen LogP contribution < -0.4 is 5.56 Å². The zero-order valence-electron chi connectivity index (χ0n) is 13.4. The third-order valence-corrected chi connectivity index (χ3v) is 5.09. The van der Waals surface area contributed by atoms with E-state index in [4.69, 9.17) is 0 Å². The lowest BCUT2D eigenvalue weighted by Crippen LogP contribution is -2.37. The predicted molar refractivity (Wildman–Crippen MR) is 87.1 cm³/mol. The first-order valence-corrected chi connectivity index (χ1v) is 8.61. The van der Waals surface area contributed by atoms with Crippen molar-refractivity contribution in [3.8, 4) is 0 Å². The maximum atomic E-state index is 11.9. The molecule has 6 heteroatoms. The normalized spacial score (nSPS) is 21.5. The molecule has 1 atom stereocenters. The van der Waals surface area contributed by atoms with Gasteiger partial charge in [-0.05, 0) is 38.3 Å². The number of imidazole rings is 1. The van der Waals surface area contributed by atoms with Crippen LogP contribution in [0.25, 0.3) is 0 Å². The van der Waals surface area contributed by atoms with Gasteiger partial charge in [-0.15, -0.1) is 0 Å². The molecule has 4 rings (SSSR count). The van der Waals surface area contributed by atoms with Crippen LogP contribution in [0.3, 0.4) is 0 Å². The Kier molecular flexibility index (Phi) is 3.99. The second-order valence-electron chi connectivity index (χ2n) is 6.59. The van der Waals surface area contributed by atoms with E-state index in [1.54, 1.807) is 23.0 Å².